The zero-order valence-electron chi connectivity index (χ0n) is 7.62. The maximum absolute atomic E-state index is 12.1. The molecule has 1 rings (SSSR count). The van der Waals surface area contributed by atoms with E-state index >= 15 is 0 Å². The molecule has 0 saturated carbocycles. The van der Waals surface area contributed by atoms with E-state index in [4.69, 9.17) is 9.68 Å². The lowest BCUT2D eigenvalue weighted by Crippen LogP contribution is -2.23. The van der Waals surface area contributed by atoms with Gasteiger partial charge in [-0.1, -0.05) is 0 Å². The molecule has 0 bridgehead atoms. The second-order valence-electron chi connectivity index (χ2n) is 2.82. The van der Waals surface area contributed by atoms with Gasteiger partial charge < -0.3 is 4.42 Å². The number of alkyl halides is 3. The summed E-state index contributed by atoms with van der Waals surface area (Å²) < 4.78 is 41.3. The highest BCUT2D eigenvalue weighted by molar-refractivity contribution is 7.98. The van der Waals surface area contributed by atoms with Crippen LogP contribution in [0.4, 0.5) is 13.2 Å². The van der Waals surface area contributed by atoms with Crippen molar-refractivity contribution in [3.8, 4) is 6.07 Å². The molecular formula is C9H8F3NOS. The van der Waals surface area contributed by atoms with Gasteiger partial charge in [-0.05, 0) is 12.1 Å². The average molecular weight is 235 g/mol. The van der Waals surface area contributed by atoms with E-state index in [9.17, 15) is 13.2 Å². The van der Waals surface area contributed by atoms with Crippen LogP contribution < -0.4 is 0 Å². The molecule has 6 heteroatoms. The first kappa shape index (κ1) is 12.0. The highest BCUT2D eigenvalue weighted by atomic mass is 32.2. The van der Waals surface area contributed by atoms with Gasteiger partial charge in [-0.15, -0.1) is 0 Å². The zero-order chi connectivity index (χ0) is 11.3. The van der Waals surface area contributed by atoms with Crippen LogP contribution in [0.1, 0.15) is 5.76 Å². The van der Waals surface area contributed by atoms with E-state index in [1.54, 1.807) is 12.1 Å². The average Bonchev–Trinajstić information content (AvgIpc) is 2.62. The number of nitriles is 1. The van der Waals surface area contributed by atoms with Crippen molar-refractivity contribution in [2.24, 2.45) is 5.92 Å². The Hall–Kier alpha value is -1.09. The molecule has 0 aliphatic carbocycles. The van der Waals surface area contributed by atoms with Crippen LogP contribution in [-0.2, 0) is 5.75 Å². The van der Waals surface area contributed by atoms with Gasteiger partial charge in [0.1, 0.15) is 5.76 Å². The Morgan fingerprint density at radius 2 is 2.27 bits per heavy atom. The summed E-state index contributed by atoms with van der Waals surface area (Å²) in [6.45, 7) is 0. The molecular weight excluding hydrogens is 227 g/mol. The number of furan rings is 1. The number of nitrogens with zero attached hydrogens (tertiary/aromatic N) is 1. The molecule has 1 atom stereocenters. The van der Waals surface area contributed by atoms with Crippen LogP contribution in [0.15, 0.2) is 22.8 Å². The molecule has 0 radical (unpaired) electrons. The van der Waals surface area contributed by atoms with E-state index in [1.807, 2.05) is 0 Å². The monoisotopic (exact) mass is 235 g/mol. The topological polar surface area (TPSA) is 36.9 Å². The third-order valence-electron chi connectivity index (χ3n) is 1.66. The normalized spacial score (nSPS) is 13.5. The van der Waals surface area contributed by atoms with Crippen LogP contribution in [0.2, 0.25) is 0 Å². The van der Waals surface area contributed by atoms with Crippen molar-refractivity contribution in [1.29, 1.82) is 5.26 Å². The molecule has 15 heavy (non-hydrogen) atoms. The van der Waals surface area contributed by atoms with Crippen molar-refractivity contribution in [2.75, 3.05) is 5.75 Å². The number of halogens is 3. The number of thioether (sulfide) groups is 1. The summed E-state index contributed by atoms with van der Waals surface area (Å²) in [6, 6.07) is 4.60. The standard InChI is InChI=1S/C9H8F3NOS/c10-9(11,12)7(4-13)5-15-6-8-2-1-3-14-8/h1-3,7H,5-6H2. The Labute approximate surface area is 89.1 Å². The summed E-state index contributed by atoms with van der Waals surface area (Å²) in [4.78, 5) is 0. The lowest BCUT2D eigenvalue weighted by Gasteiger charge is -2.11. The summed E-state index contributed by atoms with van der Waals surface area (Å²) in [5, 5.41) is 8.31. The number of hydrogen-bond donors (Lipinski definition) is 0. The second-order valence-corrected chi connectivity index (χ2v) is 3.85. The van der Waals surface area contributed by atoms with Crippen LogP contribution in [-0.4, -0.2) is 11.9 Å². The Bertz CT molecular complexity index is 328. The number of hydrogen-bond acceptors (Lipinski definition) is 3. The molecule has 1 unspecified atom stereocenters. The van der Waals surface area contributed by atoms with E-state index in [0.29, 0.717) is 11.5 Å². The van der Waals surface area contributed by atoms with Crippen LogP contribution in [0.3, 0.4) is 0 Å². The lowest BCUT2D eigenvalue weighted by atomic mass is 10.2. The molecule has 0 aromatic carbocycles. The number of rotatable bonds is 4. The highest BCUT2D eigenvalue weighted by Crippen LogP contribution is 2.29. The maximum Gasteiger partial charge on any atom is 0.405 e. The predicted molar refractivity (Wildman–Crippen MR) is 50.0 cm³/mol. The van der Waals surface area contributed by atoms with Gasteiger partial charge in [0, 0.05) is 5.75 Å². The smallest absolute Gasteiger partial charge is 0.405 e. The SMILES string of the molecule is N#CC(CSCc1ccco1)C(F)(F)F. The lowest BCUT2D eigenvalue weighted by molar-refractivity contribution is -0.152. The fourth-order valence-electron chi connectivity index (χ4n) is 0.877. The molecule has 2 nitrogen and oxygen atoms in total. The molecule has 1 aromatic rings. The van der Waals surface area contributed by atoms with Gasteiger partial charge in [0.2, 0.25) is 0 Å². The molecule has 0 amide bonds. The minimum Gasteiger partial charge on any atom is -0.468 e. The first-order chi connectivity index (χ1) is 7.04. The summed E-state index contributed by atoms with van der Waals surface area (Å²) in [7, 11) is 0. The minimum atomic E-state index is -4.44. The second kappa shape index (κ2) is 5.12. The molecule has 0 spiro atoms. The molecule has 1 aromatic heterocycles. The quantitative estimate of drug-likeness (QED) is 0.804. The first-order valence-electron chi connectivity index (χ1n) is 4.10. The molecule has 0 aliphatic heterocycles. The van der Waals surface area contributed by atoms with Gasteiger partial charge >= 0.3 is 6.18 Å². The fraction of sp³-hybridized carbons (Fsp3) is 0.444. The summed E-state index contributed by atoms with van der Waals surface area (Å²) in [5.74, 6) is -1.21. The predicted octanol–water partition coefficient (Wildman–Crippen LogP) is 3.21. The first-order valence-corrected chi connectivity index (χ1v) is 5.26. The Balaban J connectivity index is 2.34. The molecule has 0 N–H and O–H groups in total. The summed E-state index contributed by atoms with van der Waals surface area (Å²) in [5.41, 5.74) is 0. The summed E-state index contributed by atoms with van der Waals surface area (Å²) in [6.07, 6.45) is -2.98. The third-order valence-corrected chi connectivity index (χ3v) is 2.72. The van der Waals surface area contributed by atoms with E-state index < -0.39 is 12.1 Å². The van der Waals surface area contributed by atoms with E-state index in [1.165, 1.54) is 12.3 Å². The van der Waals surface area contributed by atoms with Crippen LogP contribution in [0.25, 0.3) is 0 Å². The zero-order valence-corrected chi connectivity index (χ0v) is 8.44. The molecule has 0 fully saturated rings. The van der Waals surface area contributed by atoms with Crippen molar-refractivity contribution in [3.63, 3.8) is 0 Å². The fourth-order valence-corrected chi connectivity index (χ4v) is 1.86. The van der Waals surface area contributed by atoms with Crippen LogP contribution in [0, 0.1) is 17.2 Å². The highest BCUT2D eigenvalue weighted by Gasteiger charge is 2.39. The van der Waals surface area contributed by atoms with Crippen molar-refractivity contribution in [1.82, 2.24) is 0 Å². The third kappa shape index (κ3) is 3.88. The Kier molecular flexibility index (Phi) is 4.09. The van der Waals surface area contributed by atoms with E-state index in [0.717, 1.165) is 11.8 Å². The van der Waals surface area contributed by atoms with Crippen LogP contribution >= 0.6 is 11.8 Å². The van der Waals surface area contributed by atoms with Gasteiger partial charge in [-0.25, -0.2) is 0 Å². The molecule has 1 heterocycles. The minimum absolute atomic E-state index is 0.263. The van der Waals surface area contributed by atoms with Gasteiger partial charge in [-0.3, -0.25) is 0 Å². The summed E-state index contributed by atoms with van der Waals surface area (Å²) >= 11 is 1.03. The van der Waals surface area contributed by atoms with E-state index in [2.05, 4.69) is 0 Å². The van der Waals surface area contributed by atoms with Crippen molar-refractivity contribution in [2.45, 2.75) is 11.9 Å². The van der Waals surface area contributed by atoms with Crippen molar-refractivity contribution < 1.29 is 17.6 Å². The largest absolute Gasteiger partial charge is 0.468 e. The van der Waals surface area contributed by atoms with Gasteiger partial charge in [-0.2, -0.15) is 30.2 Å². The van der Waals surface area contributed by atoms with Gasteiger partial charge in [0.25, 0.3) is 0 Å². The van der Waals surface area contributed by atoms with Crippen molar-refractivity contribution >= 4 is 11.8 Å². The molecule has 82 valence electrons. The van der Waals surface area contributed by atoms with E-state index in [-0.39, 0.29) is 5.75 Å². The Morgan fingerprint density at radius 3 is 2.73 bits per heavy atom. The van der Waals surface area contributed by atoms with Crippen LogP contribution in [0.5, 0.6) is 0 Å². The van der Waals surface area contributed by atoms with Gasteiger partial charge in [0.15, 0.2) is 5.92 Å². The molecule has 0 saturated heterocycles. The Morgan fingerprint density at radius 1 is 1.53 bits per heavy atom. The maximum atomic E-state index is 12.1. The van der Waals surface area contributed by atoms with Gasteiger partial charge in [0.05, 0.1) is 18.1 Å². The molecule has 0 aliphatic rings. The van der Waals surface area contributed by atoms with Crippen molar-refractivity contribution in [3.05, 3.63) is 24.2 Å².